The SMILES string of the molecule is Cc1cccc(C(=O)NC(C)(C)CCl)c1O. The molecule has 0 aromatic heterocycles. The summed E-state index contributed by atoms with van der Waals surface area (Å²) in [6, 6.07) is 5.07. The van der Waals surface area contributed by atoms with Crippen molar-refractivity contribution >= 4 is 17.5 Å². The molecule has 1 aromatic carbocycles. The molecule has 0 atom stereocenters. The summed E-state index contributed by atoms with van der Waals surface area (Å²) in [4.78, 5) is 11.9. The van der Waals surface area contributed by atoms with E-state index in [1.54, 1.807) is 25.1 Å². The second-order valence-corrected chi connectivity index (χ2v) is 4.71. The van der Waals surface area contributed by atoms with E-state index in [1.165, 1.54) is 0 Å². The van der Waals surface area contributed by atoms with Crippen LogP contribution < -0.4 is 5.32 Å². The summed E-state index contributed by atoms with van der Waals surface area (Å²) < 4.78 is 0. The molecule has 0 radical (unpaired) electrons. The molecule has 0 unspecified atom stereocenters. The zero-order valence-corrected chi connectivity index (χ0v) is 10.4. The normalized spacial score (nSPS) is 11.2. The van der Waals surface area contributed by atoms with Crippen LogP contribution in [0.25, 0.3) is 0 Å². The minimum Gasteiger partial charge on any atom is -0.507 e. The van der Waals surface area contributed by atoms with Gasteiger partial charge >= 0.3 is 0 Å². The van der Waals surface area contributed by atoms with E-state index in [4.69, 9.17) is 11.6 Å². The molecule has 3 nitrogen and oxygen atoms in total. The average molecular weight is 242 g/mol. The predicted octanol–water partition coefficient (Wildman–Crippen LogP) is 2.45. The molecule has 0 fully saturated rings. The number of amides is 1. The van der Waals surface area contributed by atoms with Gasteiger partial charge in [0, 0.05) is 11.4 Å². The second kappa shape index (κ2) is 4.74. The Bertz CT molecular complexity index is 402. The van der Waals surface area contributed by atoms with Gasteiger partial charge in [-0.2, -0.15) is 0 Å². The fourth-order valence-corrected chi connectivity index (χ4v) is 1.32. The Labute approximate surface area is 100 Å². The molecule has 16 heavy (non-hydrogen) atoms. The van der Waals surface area contributed by atoms with Crippen LogP contribution in [0.3, 0.4) is 0 Å². The van der Waals surface area contributed by atoms with Crippen LogP contribution in [-0.4, -0.2) is 22.4 Å². The fourth-order valence-electron chi connectivity index (χ4n) is 1.25. The van der Waals surface area contributed by atoms with E-state index < -0.39 is 5.54 Å². The largest absolute Gasteiger partial charge is 0.507 e. The zero-order valence-electron chi connectivity index (χ0n) is 9.67. The number of phenolic OH excluding ortho intramolecular Hbond substituents is 1. The van der Waals surface area contributed by atoms with Gasteiger partial charge in [0.15, 0.2) is 0 Å². The molecular weight excluding hydrogens is 226 g/mol. The Kier molecular flexibility index (Phi) is 3.81. The number of aromatic hydroxyl groups is 1. The van der Waals surface area contributed by atoms with E-state index in [9.17, 15) is 9.90 Å². The molecule has 0 aliphatic rings. The number of hydrogen-bond acceptors (Lipinski definition) is 2. The first-order valence-electron chi connectivity index (χ1n) is 5.04. The molecule has 0 aliphatic heterocycles. The van der Waals surface area contributed by atoms with E-state index in [0.29, 0.717) is 11.4 Å². The van der Waals surface area contributed by atoms with E-state index in [1.807, 2.05) is 13.8 Å². The third kappa shape index (κ3) is 2.89. The third-order valence-corrected chi connectivity index (χ3v) is 2.94. The number of hydrogen-bond donors (Lipinski definition) is 2. The lowest BCUT2D eigenvalue weighted by Crippen LogP contribution is -2.44. The van der Waals surface area contributed by atoms with E-state index in [-0.39, 0.29) is 17.2 Å². The van der Waals surface area contributed by atoms with Crippen molar-refractivity contribution < 1.29 is 9.90 Å². The van der Waals surface area contributed by atoms with Crippen LogP contribution in [0.4, 0.5) is 0 Å². The molecule has 1 rings (SSSR count). The number of nitrogens with one attached hydrogen (secondary N) is 1. The number of aryl methyl sites for hydroxylation is 1. The minimum atomic E-state index is -0.491. The summed E-state index contributed by atoms with van der Waals surface area (Å²) in [6.45, 7) is 5.40. The van der Waals surface area contributed by atoms with Crippen molar-refractivity contribution in [2.75, 3.05) is 5.88 Å². The number of carbonyl (C=O) groups is 1. The van der Waals surface area contributed by atoms with Crippen LogP contribution in [0.5, 0.6) is 5.75 Å². The molecule has 0 spiro atoms. The molecule has 4 heteroatoms. The van der Waals surface area contributed by atoms with E-state index >= 15 is 0 Å². The highest BCUT2D eigenvalue weighted by atomic mass is 35.5. The summed E-state index contributed by atoms with van der Waals surface area (Å²) in [5.74, 6) is 0.0166. The monoisotopic (exact) mass is 241 g/mol. The van der Waals surface area contributed by atoms with Crippen molar-refractivity contribution in [3.8, 4) is 5.75 Å². The maximum absolute atomic E-state index is 11.9. The van der Waals surface area contributed by atoms with Gasteiger partial charge in [-0.05, 0) is 32.4 Å². The van der Waals surface area contributed by atoms with Crippen LogP contribution in [-0.2, 0) is 0 Å². The standard InChI is InChI=1S/C12H16ClNO2/c1-8-5-4-6-9(10(8)15)11(16)14-12(2,3)7-13/h4-6,15H,7H2,1-3H3,(H,14,16). The lowest BCUT2D eigenvalue weighted by Gasteiger charge is -2.23. The molecule has 1 amide bonds. The third-order valence-electron chi connectivity index (χ3n) is 2.27. The first kappa shape index (κ1) is 12.8. The Balaban J connectivity index is 2.94. The van der Waals surface area contributed by atoms with E-state index in [0.717, 1.165) is 0 Å². The average Bonchev–Trinajstić information content (AvgIpc) is 2.21. The van der Waals surface area contributed by atoms with Crippen molar-refractivity contribution in [1.82, 2.24) is 5.32 Å². The maximum Gasteiger partial charge on any atom is 0.255 e. The highest BCUT2D eigenvalue weighted by Gasteiger charge is 2.21. The summed E-state index contributed by atoms with van der Waals surface area (Å²) in [6.07, 6.45) is 0. The van der Waals surface area contributed by atoms with E-state index in [2.05, 4.69) is 5.32 Å². The predicted molar refractivity (Wildman–Crippen MR) is 65.1 cm³/mol. The maximum atomic E-state index is 11.9. The fraction of sp³-hybridized carbons (Fsp3) is 0.417. The van der Waals surface area contributed by atoms with Crippen molar-refractivity contribution in [3.63, 3.8) is 0 Å². The number of benzene rings is 1. The topological polar surface area (TPSA) is 49.3 Å². The van der Waals surface area contributed by atoms with Gasteiger partial charge in [0.1, 0.15) is 5.75 Å². The number of carbonyl (C=O) groups excluding carboxylic acids is 1. The van der Waals surface area contributed by atoms with Gasteiger partial charge in [0.05, 0.1) is 5.56 Å². The quantitative estimate of drug-likeness (QED) is 0.799. The second-order valence-electron chi connectivity index (χ2n) is 4.44. The van der Waals surface area contributed by atoms with Gasteiger partial charge in [0.2, 0.25) is 0 Å². The molecule has 0 saturated carbocycles. The number of para-hydroxylation sites is 1. The molecular formula is C12H16ClNO2. The van der Waals surface area contributed by atoms with Gasteiger partial charge in [-0.1, -0.05) is 12.1 Å². The van der Waals surface area contributed by atoms with Crippen LogP contribution in [0.1, 0.15) is 29.8 Å². The van der Waals surface area contributed by atoms with Gasteiger partial charge < -0.3 is 10.4 Å². The minimum absolute atomic E-state index is 0.0189. The lowest BCUT2D eigenvalue weighted by molar-refractivity contribution is 0.0917. The Morgan fingerprint density at radius 1 is 1.50 bits per heavy atom. The highest BCUT2D eigenvalue weighted by Crippen LogP contribution is 2.21. The summed E-state index contributed by atoms with van der Waals surface area (Å²) in [7, 11) is 0. The lowest BCUT2D eigenvalue weighted by atomic mass is 10.1. The smallest absolute Gasteiger partial charge is 0.255 e. The van der Waals surface area contributed by atoms with Gasteiger partial charge in [-0.15, -0.1) is 11.6 Å². The molecule has 1 aromatic rings. The molecule has 88 valence electrons. The van der Waals surface area contributed by atoms with Crippen molar-refractivity contribution in [2.24, 2.45) is 0 Å². The van der Waals surface area contributed by atoms with Gasteiger partial charge in [0.25, 0.3) is 5.91 Å². The Morgan fingerprint density at radius 2 is 2.12 bits per heavy atom. The van der Waals surface area contributed by atoms with Crippen LogP contribution in [0.15, 0.2) is 18.2 Å². The van der Waals surface area contributed by atoms with Gasteiger partial charge in [-0.3, -0.25) is 4.79 Å². The number of phenols is 1. The van der Waals surface area contributed by atoms with Crippen molar-refractivity contribution in [1.29, 1.82) is 0 Å². The molecule has 0 heterocycles. The summed E-state index contributed by atoms with van der Waals surface area (Å²) in [5, 5.41) is 12.5. The Hall–Kier alpha value is -1.22. The van der Waals surface area contributed by atoms with Crippen molar-refractivity contribution in [2.45, 2.75) is 26.3 Å². The molecule has 0 saturated heterocycles. The van der Waals surface area contributed by atoms with Gasteiger partial charge in [-0.25, -0.2) is 0 Å². The first-order chi connectivity index (χ1) is 7.37. The summed E-state index contributed by atoms with van der Waals surface area (Å²) in [5.41, 5.74) is 0.462. The number of alkyl halides is 1. The summed E-state index contributed by atoms with van der Waals surface area (Å²) >= 11 is 5.72. The first-order valence-corrected chi connectivity index (χ1v) is 5.58. The number of halogens is 1. The van der Waals surface area contributed by atoms with Crippen LogP contribution >= 0.6 is 11.6 Å². The van der Waals surface area contributed by atoms with Crippen molar-refractivity contribution in [3.05, 3.63) is 29.3 Å². The Morgan fingerprint density at radius 3 is 2.69 bits per heavy atom. The number of rotatable bonds is 3. The highest BCUT2D eigenvalue weighted by molar-refractivity contribution is 6.18. The molecule has 0 aliphatic carbocycles. The van der Waals surface area contributed by atoms with Crippen LogP contribution in [0, 0.1) is 6.92 Å². The molecule has 2 N–H and O–H groups in total. The zero-order chi connectivity index (χ0) is 12.3. The molecule has 0 bridgehead atoms. The van der Waals surface area contributed by atoms with Crippen LogP contribution in [0.2, 0.25) is 0 Å².